The number of amides is 3. The van der Waals surface area contributed by atoms with E-state index in [0.29, 0.717) is 17.0 Å². The summed E-state index contributed by atoms with van der Waals surface area (Å²) in [6, 6.07) is 11.4. The third-order valence-corrected chi connectivity index (χ3v) is 3.51. The molecule has 25 heavy (non-hydrogen) atoms. The zero-order valence-corrected chi connectivity index (χ0v) is 14.4. The van der Waals surface area contributed by atoms with Crippen LogP contribution in [0.4, 0.5) is 10.5 Å². The van der Waals surface area contributed by atoms with E-state index in [2.05, 4.69) is 10.6 Å². The summed E-state index contributed by atoms with van der Waals surface area (Å²) in [6.07, 6.45) is 0. The number of anilines is 1. The van der Waals surface area contributed by atoms with Crippen molar-refractivity contribution in [3.05, 3.63) is 59.2 Å². The molecule has 0 saturated heterocycles. The van der Waals surface area contributed by atoms with Crippen LogP contribution in [0.3, 0.4) is 0 Å². The predicted molar refractivity (Wildman–Crippen MR) is 95.0 cm³/mol. The smallest absolute Gasteiger partial charge is 0.325 e. The number of hydrogen-bond acceptors (Lipinski definition) is 4. The molecule has 0 atom stereocenters. The highest BCUT2D eigenvalue weighted by atomic mass is 16.5. The zero-order chi connectivity index (χ0) is 18.4. The monoisotopic (exact) mass is 340 g/mol. The van der Waals surface area contributed by atoms with Crippen molar-refractivity contribution in [2.24, 2.45) is 0 Å². The number of carbonyl (C=O) groups is 3. The Labute approximate surface area is 146 Å². The molecule has 0 aliphatic rings. The first-order valence-corrected chi connectivity index (χ1v) is 7.77. The minimum atomic E-state index is -0.618. The van der Waals surface area contributed by atoms with Crippen molar-refractivity contribution in [3.8, 4) is 5.75 Å². The zero-order valence-electron chi connectivity index (χ0n) is 14.4. The van der Waals surface area contributed by atoms with Gasteiger partial charge in [0.25, 0.3) is 5.91 Å². The lowest BCUT2D eigenvalue weighted by atomic mass is 10.1. The number of ketones is 1. The molecule has 0 unspecified atom stereocenters. The molecule has 0 radical (unpaired) electrons. The first kappa shape index (κ1) is 18.2. The molecule has 0 saturated carbocycles. The van der Waals surface area contributed by atoms with E-state index >= 15 is 0 Å². The number of aryl methyl sites for hydroxylation is 2. The summed E-state index contributed by atoms with van der Waals surface area (Å²) in [5.74, 6) is -0.180. The van der Waals surface area contributed by atoms with Gasteiger partial charge in [0.15, 0.2) is 12.4 Å². The maximum atomic E-state index is 11.9. The van der Waals surface area contributed by atoms with Crippen molar-refractivity contribution in [2.45, 2.75) is 20.8 Å². The average Bonchev–Trinajstić information content (AvgIpc) is 2.56. The Morgan fingerprint density at radius 1 is 1.00 bits per heavy atom. The first-order chi connectivity index (χ1) is 11.8. The van der Waals surface area contributed by atoms with Gasteiger partial charge in [-0.25, -0.2) is 4.79 Å². The summed E-state index contributed by atoms with van der Waals surface area (Å²) >= 11 is 0. The minimum absolute atomic E-state index is 0.0487. The average molecular weight is 340 g/mol. The molecule has 2 aromatic carbocycles. The maximum absolute atomic E-state index is 11.9. The summed E-state index contributed by atoms with van der Waals surface area (Å²) < 4.78 is 5.29. The second kappa shape index (κ2) is 8.10. The summed E-state index contributed by atoms with van der Waals surface area (Å²) in [4.78, 5) is 34.8. The van der Waals surface area contributed by atoms with Gasteiger partial charge in [0.1, 0.15) is 5.75 Å². The van der Waals surface area contributed by atoms with E-state index < -0.39 is 11.9 Å². The molecule has 2 aromatic rings. The van der Waals surface area contributed by atoms with Crippen molar-refractivity contribution in [1.29, 1.82) is 0 Å². The van der Waals surface area contributed by atoms with Gasteiger partial charge >= 0.3 is 6.03 Å². The highest BCUT2D eigenvalue weighted by Gasteiger charge is 2.10. The van der Waals surface area contributed by atoms with Gasteiger partial charge in [-0.1, -0.05) is 17.7 Å². The van der Waals surface area contributed by atoms with E-state index in [4.69, 9.17) is 4.74 Å². The normalized spacial score (nSPS) is 10.0. The second-order valence-corrected chi connectivity index (χ2v) is 5.69. The second-order valence-electron chi connectivity index (χ2n) is 5.69. The van der Waals surface area contributed by atoms with Crippen LogP contribution >= 0.6 is 0 Å². The Hall–Kier alpha value is -3.15. The van der Waals surface area contributed by atoms with Gasteiger partial charge in [0, 0.05) is 11.3 Å². The molecule has 2 rings (SSSR count). The number of nitrogens with one attached hydrogen (secondary N) is 2. The number of hydrogen-bond donors (Lipinski definition) is 2. The fourth-order valence-corrected chi connectivity index (χ4v) is 2.20. The molecule has 0 aliphatic heterocycles. The summed E-state index contributed by atoms with van der Waals surface area (Å²) in [7, 11) is 0. The number of benzene rings is 2. The van der Waals surface area contributed by atoms with Crippen LogP contribution in [-0.4, -0.2) is 24.3 Å². The fourth-order valence-electron chi connectivity index (χ4n) is 2.20. The van der Waals surface area contributed by atoms with Crippen molar-refractivity contribution >= 4 is 23.4 Å². The fraction of sp³-hybridized carbons (Fsp3) is 0.211. The molecule has 130 valence electrons. The van der Waals surface area contributed by atoms with Crippen LogP contribution in [0.1, 0.15) is 28.4 Å². The summed E-state index contributed by atoms with van der Waals surface area (Å²) in [5.41, 5.74) is 3.19. The molecule has 6 heteroatoms. The molecule has 0 fully saturated rings. The molecule has 0 aromatic heterocycles. The van der Waals surface area contributed by atoms with Gasteiger partial charge in [-0.05, 0) is 56.7 Å². The standard InChI is InChI=1S/C19H20N2O4/c1-12-4-9-17(13(2)10-12)20-19(24)21-18(23)11-25-16-7-5-15(6-8-16)14(3)22/h4-10H,11H2,1-3H3,(H2,20,21,23,24). The largest absolute Gasteiger partial charge is 0.484 e. The molecule has 0 heterocycles. The highest BCUT2D eigenvalue weighted by Crippen LogP contribution is 2.15. The van der Waals surface area contributed by atoms with Crippen molar-refractivity contribution in [2.75, 3.05) is 11.9 Å². The van der Waals surface area contributed by atoms with E-state index in [1.165, 1.54) is 6.92 Å². The molecule has 6 nitrogen and oxygen atoms in total. The van der Waals surface area contributed by atoms with Crippen LogP contribution in [0, 0.1) is 13.8 Å². The molecule has 0 bridgehead atoms. The van der Waals surface area contributed by atoms with Gasteiger partial charge in [0.2, 0.25) is 0 Å². The Morgan fingerprint density at radius 3 is 2.28 bits per heavy atom. The van der Waals surface area contributed by atoms with Gasteiger partial charge in [0.05, 0.1) is 0 Å². The predicted octanol–water partition coefficient (Wildman–Crippen LogP) is 3.23. The minimum Gasteiger partial charge on any atom is -0.484 e. The molecule has 0 spiro atoms. The Morgan fingerprint density at radius 2 is 1.68 bits per heavy atom. The SMILES string of the molecule is CC(=O)c1ccc(OCC(=O)NC(=O)Nc2ccc(C)cc2C)cc1. The van der Waals surface area contributed by atoms with Gasteiger partial charge in [-0.15, -0.1) is 0 Å². The van der Waals surface area contributed by atoms with Crippen LogP contribution in [0.2, 0.25) is 0 Å². The third kappa shape index (κ3) is 5.46. The van der Waals surface area contributed by atoms with E-state index in [1.54, 1.807) is 30.3 Å². The lowest BCUT2D eigenvalue weighted by molar-refractivity contribution is -0.121. The van der Waals surface area contributed by atoms with Crippen LogP contribution in [-0.2, 0) is 4.79 Å². The van der Waals surface area contributed by atoms with Crippen molar-refractivity contribution in [3.63, 3.8) is 0 Å². The first-order valence-electron chi connectivity index (χ1n) is 7.77. The van der Waals surface area contributed by atoms with E-state index in [-0.39, 0.29) is 12.4 Å². The van der Waals surface area contributed by atoms with Crippen LogP contribution < -0.4 is 15.4 Å². The van der Waals surface area contributed by atoms with Crippen LogP contribution in [0.25, 0.3) is 0 Å². The van der Waals surface area contributed by atoms with Gasteiger partial charge < -0.3 is 10.1 Å². The van der Waals surface area contributed by atoms with Gasteiger partial charge in [-0.2, -0.15) is 0 Å². The van der Waals surface area contributed by atoms with Crippen molar-refractivity contribution < 1.29 is 19.1 Å². The number of imide groups is 1. The third-order valence-electron chi connectivity index (χ3n) is 3.51. The van der Waals surface area contributed by atoms with Crippen LogP contribution in [0.15, 0.2) is 42.5 Å². The maximum Gasteiger partial charge on any atom is 0.325 e. The van der Waals surface area contributed by atoms with Gasteiger partial charge in [-0.3, -0.25) is 14.9 Å². The molecule has 3 amide bonds. The Kier molecular flexibility index (Phi) is 5.89. The summed E-state index contributed by atoms with van der Waals surface area (Å²) in [5, 5.41) is 4.82. The summed E-state index contributed by atoms with van der Waals surface area (Å²) in [6.45, 7) is 5.00. The molecular formula is C19H20N2O4. The molecule has 0 aliphatic carbocycles. The van der Waals surface area contributed by atoms with E-state index in [9.17, 15) is 14.4 Å². The number of ether oxygens (including phenoxy) is 1. The van der Waals surface area contributed by atoms with Crippen LogP contribution in [0.5, 0.6) is 5.75 Å². The Balaban J connectivity index is 1.83. The number of Topliss-reactive ketones (excluding diaryl/α,β-unsaturated/α-hetero) is 1. The topological polar surface area (TPSA) is 84.5 Å². The number of urea groups is 1. The van der Waals surface area contributed by atoms with E-state index in [0.717, 1.165) is 11.1 Å². The number of carbonyl (C=O) groups excluding carboxylic acids is 3. The van der Waals surface area contributed by atoms with Crippen molar-refractivity contribution in [1.82, 2.24) is 5.32 Å². The highest BCUT2D eigenvalue weighted by molar-refractivity contribution is 6.02. The quantitative estimate of drug-likeness (QED) is 0.819. The Bertz CT molecular complexity index is 798. The lowest BCUT2D eigenvalue weighted by Crippen LogP contribution is -2.37. The lowest BCUT2D eigenvalue weighted by Gasteiger charge is -2.10. The number of rotatable bonds is 5. The van der Waals surface area contributed by atoms with E-state index in [1.807, 2.05) is 26.0 Å². The molecule has 2 N–H and O–H groups in total. The molecular weight excluding hydrogens is 320 g/mol.